The number of halogens is 4. The van der Waals surface area contributed by atoms with E-state index in [1.807, 2.05) is 0 Å². The molecule has 4 aliphatic rings. The second kappa shape index (κ2) is 6.46. The Hall–Kier alpha value is -3.11. The van der Waals surface area contributed by atoms with Crippen LogP contribution in [0.2, 0.25) is 0 Å². The Balaban J connectivity index is 1.45. The lowest BCUT2D eigenvalue weighted by molar-refractivity contribution is -0.00600. The summed E-state index contributed by atoms with van der Waals surface area (Å²) in [5.74, 6) is -2.76. The Bertz CT molecular complexity index is 1140. The lowest BCUT2D eigenvalue weighted by Gasteiger charge is -2.40. The average Bonchev–Trinajstić information content (AvgIpc) is 3.36. The van der Waals surface area contributed by atoms with Gasteiger partial charge in [0.25, 0.3) is 12.3 Å². The summed E-state index contributed by atoms with van der Waals surface area (Å²) in [5, 5.41) is 2.76. The highest BCUT2D eigenvalue weighted by atomic mass is 19.3. The molecule has 2 fully saturated rings. The lowest BCUT2D eigenvalue weighted by Crippen LogP contribution is -2.53. The van der Waals surface area contributed by atoms with Crippen LogP contribution < -0.4 is 15.0 Å². The van der Waals surface area contributed by atoms with Crippen molar-refractivity contribution in [2.24, 2.45) is 0 Å². The summed E-state index contributed by atoms with van der Waals surface area (Å²) >= 11 is 0. The van der Waals surface area contributed by atoms with Gasteiger partial charge in [0.1, 0.15) is 30.2 Å². The highest BCUT2D eigenvalue weighted by molar-refractivity contribution is 5.74. The molecule has 1 amide bonds. The van der Waals surface area contributed by atoms with Crippen molar-refractivity contribution >= 4 is 12.0 Å². The van der Waals surface area contributed by atoms with Crippen molar-refractivity contribution in [3.63, 3.8) is 0 Å². The summed E-state index contributed by atoms with van der Waals surface area (Å²) in [6, 6.07) is 4.06. The first-order valence-corrected chi connectivity index (χ1v) is 10.3. The topological polar surface area (TPSA) is 76.6 Å². The zero-order valence-corrected chi connectivity index (χ0v) is 16.7. The molecule has 4 heterocycles. The maximum atomic E-state index is 14.6. The van der Waals surface area contributed by atoms with Crippen molar-refractivity contribution in [1.82, 2.24) is 15.3 Å². The minimum Gasteiger partial charge on any atom is -0.490 e. The fraction of sp³-hybridized carbons (Fsp3) is 0.476. The average molecular weight is 450 g/mol. The molecule has 1 aromatic carbocycles. The highest BCUT2D eigenvalue weighted by Gasteiger charge is 2.49. The van der Waals surface area contributed by atoms with Crippen LogP contribution in [-0.4, -0.2) is 48.3 Å². The molecule has 1 N–H and O–H groups in total. The Kier molecular flexibility index (Phi) is 3.95. The van der Waals surface area contributed by atoms with Crippen LogP contribution in [0.25, 0.3) is 11.3 Å². The van der Waals surface area contributed by atoms with Crippen LogP contribution >= 0.6 is 0 Å². The zero-order valence-electron chi connectivity index (χ0n) is 16.7. The molecule has 1 aromatic heterocycles. The standard InChI is InChI=1S/C21H18F4N4O3/c22-17(23)13-4-6-29(13)18-26-15(11-3-5-21(24,25)16(11)27-18)10-1-2-12-14(7-10)31-8-20(12)9-32-19(30)28-20/h1-2,7,13,17H,3-6,8-9H2,(H,28,30)/t13?,20-/m1/s1. The first kappa shape index (κ1) is 19.6. The molecule has 3 aliphatic heterocycles. The third-order valence-corrected chi connectivity index (χ3v) is 6.68. The van der Waals surface area contributed by atoms with E-state index in [0.717, 1.165) is 5.56 Å². The summed E-state index contributed by atoms with van der Waals surface area (Å²) in [6.07, 6.45) is -3.21. The molecular weight excluding hydrogens is 432 g/mol. The number of carbonyl (C=O) groups excluding carboxylic acids is 1. The van der Waals surface area contributed by atoms with Gasteiger partial charge in [0, 0.05) is 29.7 Å². The van der Waals surface area contributed by atoms with Crippen molar-refractivity contribution < 1.29 is 31.8 Å². The molecule has 1 unspecified atom stereocenters. The number of benzene rings is 1. The van der Waals surface area contributed by atoms with Gasteiger partial charge in [-0.15, -0.1) is 0 Å². The van der Waals surface area contributed by atoms with Gasteiger partial charge in [0.2, 0.25) is 5.95 Å². The highest BCUT2D eigenvalue weighted by Crippen LogP contribution is 2.47. The minimum absolute atomic E-state index is 0.0853. The van der Waals surface area contributed by atoms with Gasteiger partial charge in [0.05, 0.1) is 11.7 Å². The maximum Gasteiger partial charge on any atom is 0.408 e. The van der Waals surface area contributed by atoms with E-state index < -0.39 is 42.1 Å². The van der Waals surface area contributed by atoms with Crippen LogP contribution in [0, 0.1) is 0 Å². The number of aromatic nitrogens is 2. The minimum atomic E-state index is -3.14. The predicted octanol–water partition coefficient (Wildman–Crippen LogP) is 3.35. The molecule has 11 heteroatoms. The summed E-state index contributed by atoms with van der Waals surface area (Å²) < 4.78 is 66.5. The molecule has 6 rings (SSSR count). The Morgan fingerprint density at radius 3 is 2.69 bits per heavy atom. The third kappa shape index (κ3) is 2.69. The molecule has 2 saturated heterocycles. The van der Waals surface area contributed by atoms with E-state index in [4.69, 9.17) is 9.47 Å². The number of nitrogens with zero attached hydrogens (tertiary/aromatic N) is 3. The summed E-state index contributed by atoms with van der Waals surface area (Å²) in [5.41, 5.74) is 0.686. The lowest BCUT2D eigenvalue weighted by atomic mass is 9.92. The zero-order chi connectivity index (χ0) is 22.3. The van der Waals surface area contributed by atoms with Gasteiger partial charge in [-0.3, -0.25) is 0 Å². The Labute approximate surface area is 179 Å². The first-order chi connectivity index (χ1) is 15.3. The van der Waals surface area contributed by atoms with Crippen LogP contribution in [-0.2, 0) is 22.6 Å². The van der Waals surface area contributed by atoms with Crippen LogP contribution in [0.15, 0.2) is 18.2 Å². The normalized spacial score (nSPS) is 27.1. The number of anilines is 1. The molecule has 1 spiro atoms. The summed E-state index contributed by atoms with van der Waals surface area (Å²) in [4.78, 5) is 21.3. The smallest absolute Gasteiger partial charge is 0.408 e. The van der Waals surface area contributed by atoms with Crippen LogP contribution in [0.1, 0.15) is 29.7 Å². The van der Waals surface area contributed by atoms with Crippen molar-refractivity contribution in [2.75, 3.05) is 24.7 Å². The number of hydrogen-bond donors (Lipinski definition) is 1. The monoisotopic (exact) mass is 450 g/mol. The van der Waals surface area contributed by atoms with Crippen LogP contribution in [0.4, 0.5) is 28.3 Å². The van der Waals surface area contributed by atoms with Gasteiger partial charge in [-0.1, -0.05) is 12.1 Å². The molecule has 0 bridgehead atoms. The van der Waals surface area contributed by atoms with Gasteiger partial charge < -0.3 is 19.7 Å². The molecule has 1 aliphatic carbocycles. The summed E-state index contributed by atoms with van der Waals surface area (Å²) in [7, 11) is 0. The second-order valence-electron chi connectivity index (χ2n) is 8.57. The SMILES string of the molecule is O=C1N[C@@]2(CO1)COc1cc(-c3nc(N4CCC4C(F)F)nc4c3CCC4(F)F)ccc12. The number of carbonyl (C=O) groups is 1. The van der Waals surface area contributed by atoms with Crippen LogP contribution in [0.3, 0.4) is 0 Å². The number of rotatable bonds is 3. The molecule has 168 valence electrons. The third-order valence-electron chi connectivity index (χ3n) is 6.68. The van der Waals surface area contributed by atoms with Crippen molar-refractivity contribution in [2.45, 2.75) is 43.2 Å². The van der Waals surface area contributed by atoms with E-state index in [1.165, 1.54) is 4.90 Å². The second-order valence-corrected chi connectivity index (χ2v) is 8.57. The Morgan fingerprint density at radius 2 is 2.00 bits per heavy atom. The molecular formula is C21H18F4N4O3. The summed E-state index contributed by atoms with van der Waals surface area (Å²) in [6.45, 7) is 0.600. The van der Waals surface area contributed by atoms with Gasteiger partial charge in [-0.25, -0.2) is 23.5 Å². The van der Waals surface area contributed by atoms with E-state index >= 15 is 0 Å². The largest absolute Gasteiger partial charge is 0.490 e. The quantitative estimate of drug-likeness (QED) is 0.723. The predicted molar refractivity (Wildman–Crippen MR) is 103 cm³/mol. The molecule has 2 aromatic rings. The number of fused-ring (bicyclic) bond motifs is 3. The molecule has 0 radical (unpaired) electrons. The number of amides is 1. The number of ether oxygens (including phenoxy) is 2. The van der Waals surface area contributed by atoms with Crippen molar-refractivity contribution in [1.29, 1.82) is 0 Å². The van der Waals surface area contributed by atoms with E-state index in [1.54, 1.807) is 18.2 Å². The van der Waals surface area contributed by atoms with E-state index in [2.05, 4.69) is 15.3 Å². The van der Waals surface area contributed by atoms with E-state index in [9.17, 15) is 22.4 Å². The van der Waals surface area contributed by atoms with E-state index in [-0.39, 0.29) is 38.5 Å². The number of alkyl carbamates (subject to hydrolysis) is 1. The van der Waals surface area contributed by atoms with Crippen molar-refractivity contribution in [3.05, 3.63) is 35.0 Å². The molecule has 7 nitrogen and oxygen atoms in total. The number of hydrogen-bond acceptors (Lipinski definition) is 6. The van der Waals surface area contributed by atoms with Gasteiger partial charge in [0.15, 0.2) is 0 Å². The van der Waals surface area contributed by atoms with Gasteiger partial charge in [-0.2, -0.15) is 8.78 Å². The number of cyclic esters (lactones) is 1. The van der Waals surface area contributed by atoms with Crippen LogP contribution in [0.5, 0.6) is 5.75 Å². The molecule has 0 saturated carbocycles. The van der Waals surface area contributed by atoms with Crippen molar-refractivity contribution in [3.8, 4) is 17.0 Å². The maximum absolute atomic E-state index is 14.6. The fourth-order valence-corrected chi connectivity index (χ4v) is 4.84. The first-order valence-electron chi connectivity index (χ1n) is 10.3. The fourth-order valence-electron chi connectivity index (χ4n) is 4.84. The molecule has 32 heavy (non-hydrogen) atoms. The Morgan fingerprint density at radius 1 is 1.19 bits per heavy atom. The number of alkyl halides is 4. The van der Waals surface area contributed by atoms with Gasteiger partial charge in [-0.05, 0) is 18.9 Å². The van der Waals surface area contributed by atoms with E-state index in [0.29, 0.717) is 22.6 Å². The number of nitrogens with one attached hydrogen (secondary N) is 1. The molecule has 2 atom stereocenters. The van der Waals surface area contributed by atoms with Gasteiger partial charge >= 0.3 is 6.09 Å².